The van der Waals surface area contributed by atoms with Crippen LogP contribution in [0.5, 0.6) is 17.4 Å². The molecule has 0 atom stereocenters. The van der Waals surface area contributed by atoms with E-state index in [-0.39, 0.29) is 5.82 Å². The Balaban J connectivity index is 2.40. The van der Waals surface area contributed by atoms with Crippen LogP contribution in [-0.2, 0) is 0 Å². The van der Waals surface area contributed by atoms with Gasteiger partial charge in [0.2, 0.25) is 5.75 Å². The van der Waals surface area contributed by atoms with Gasteiger partial charge in [-0.3, -0.25) is 0 Å². The number of aryl methyl sites for hydroxylation is 2. The quantitative estimate of drug-likeness (QED) is 0.899. The minimum atomic E-state index is 0.257. The molecule has 0 aliphatic heterocycles. The topological polar surface area (TPSA) is 70.3 Å². The van der Waals surface area contributed by atoms with Crippen LogP contribution in [0.2, 0.25) is 0 Å². The molecule has 0 spiro atoms. The summed E-state index contributed by atoms with van der Waals surface area (Å²) in [7, 11) is 1.50. The average Bonchev–Trinajstić information content (AvgIpc) is 2.34. The second kappa shape index (κ2) is 4.91. The highest BCUT2D eigenvalue weighted by Gasteiger charge is 2.12. The summed E-state index contributed by atoms with van der Waals surface area (Å²) in [5.74, 6) is 1.65. The molecule has 5 nitrogen and oxygen atoms in total. The van der Waals surface area contributed by atoms with Crippen LogP contribution < -0.4 is 15.2 Å². The molecule has 0 fully saturated rings. The third kappa shape index (κ3) is 2.34. The lowest BCUT2D eigenvalue weighted by atomic mass is 10.1. The lowest BCUT2D eigenvalue weighted by molar-refractivity contribution is 0.368. The number of hydrogen-bond donors (Lipinski definition) is 1. The van der Waals surface area contributed by atoms with Gasteiger partial charge in [0.15, 0.2) is 5.82 Å². The minimum Gasteiger partial charge on any atom is -0.489 e. The summed E-state index contributed by atoms with van der Waals surface area (Å²) in [6, 6.07) is 5.95. The molecule has 18 heavy (non-hydrogen) atoms. The van der Waals surface area contributed by atoms with Crippen LogP contribution in [-0.4, -0.2) is 17.1 Å². The van der Waals surface area contributed by atoms with E-state index in [0.717, 1.165) is 16.9 Å². The van der Waals surface area contributed by atoms with E-state index in [9.17, 15) is 0 Å². The van der Waals surface area contributed by atoms with E-state index in [1.807, 2.05) is 32.0 Å². The smallest absolute Gasteiger partial charge is 0.268 e. The van der Waals surface area contributed by atoms with Gasteiger partial charge in [-0.15, -0.1) is 0 Å². The summed E-state index contributed by atoms with van der Waals surface area (Å²) in [6.45, 7) is 3.96. The fraction of sp³-hybridized carbons (Fsp3) is 0.231. The largest absolute Gasteiger partial charge is 0.489 e. The van der Waals surface area contributed by atoms with Crippen molar-refractivity contribution in [3.05, 3.63) is 35.7 Å². The average molecular weight is 245 g/mol. The number of hydrogen-bond acceptors (Lipinski definition) is 5. The molecule has 1 aromatic carbocycles. The molecule has 0 radical (unpaired) electrons. The Kier molecular flexibility index (Phi) is 3.32. The van der Waals surface area contributed by atoms with Crippen molar-refractivity contribution in [1.29, 1.82) is 0 Å². The molecular formula is C13H15N3O2. The van der Waals surface area contributed by atoms with Crippen LogP contribution in [0.25, 0.3) is 0 Å². The Bertz CT molecular complexity index is 570. The van der Waals surface area contributed by atoms with Crippen LogP contribution in [0.3, 0.4) is 0 Å². The summed E-state index contributed by atoms with van der Waals surface area (Å²) in [5, 5.41) is 0. The van der Waals surface area contributed by atoms with Crippen molar-refractivity contribution in [1.82, 2.24) is 9.97 Å². The van der Waals surface area contributed by atoms with Crippen molar-refractivity contribution >= 4 is 5.82 Å². The summed E-state index contributed by atoms with van der Waals surface area (Å²) >= 11 is 0. The van der Waals surface area contributed by atoms with Gasteiger partial charge < -0.3 is 15.2 Å². The van der Waals surface area contributed by atoms with Gasteiger partial charge in [0, 0.05) is 0 Å². The Hall–Kier alpha value is -2.30. The van der Waals surface area contributed by atoms with Gasteiger partial charge in [0.25, 0.3) is 5.88 Å². The molecule has 94 valence electrons. The minimum absolute atomic E-state index is 0.257. The third-order valence-corrected chi connectivity index (χ3v) is 2.55. The maximum Gasteiger partial charge on any atom is 0.268 e. The highest BCUT2D eigenvalue weighted by Crippen LogP contribution is 2.33. The number of rotatable bonds is 3. The highest BCUT2D eigenvalue weighted by atomic mass is 16.5. The predicted molar refractivity (Wildman–Crippen MR) is 69.0 cm³/mol. The van der Waals surface area contributed by atoms with Crippen LogP contribution in [0.15, 0.2) is 24.5 Å². The molecule has 2 rings (SSSR count). The molecule has 2 aromatic rings. The third-order valence-electron chi connectivity index (χ3n) is 2.55. The van der Waals surface area contributed by atoms with Crippen LogP contribution in [0, 0.1) is 13.8 Å². The molecule has 0 bridgehead atoms. The molecule has 0 saturated carbocycles. The first-order chi connectivity index (χ1) is 8.61. The number of nitrogens with zero attached hydrogens (tertiary/aromatic N) is 2. The van der Waals surface area contributed by atoms with E-state index in [2.05, 4.69) is 9.97 Å². The van der Waals surface area contributed by atoms with Gasteiger partial charge in [-0.2, -0.15) is 4.98 Å². The van der Waals surface area contributed by atoms with Gasteiger partial charge in [-0.05, 0) is 31.0 Å². The zero-order valence-electron chi connectivity index (χ0n) is 10.6. The number of benzene rings is 1. The molecular weight excluding hydrogens is 230 g/mol. The van der Waals surface area contributed by atoms with E-state index in [4.69, 9.17) is 15.2 Å². The number of aromatic nitrogens is 2. The van der Waals surface area contributed by atoms with E-state index in [0.29, 0.717) is 11.6 Å². The summed E-state index contributed by atoms with van der Waals surface area (Å²) < 4.78 is 10.9. The van der Waals surface area contributed by atoms with Crippen molar-refractivity contribution in [3.63, 3.8) is 0 Å². The lowest BCUT2D eigenvalue weighted by Gasteiger charge is -2.12. The Morgan fingerprint density at radius 1 is 1.17 bits per heavy atom. The maximum atomic E-state index is 5.74. The van der Waals surface area contributed by atoms with Crippen molar-refractivity contribution in [2.45, 2.75) is 13.8 Å². The molecule has 0 amide bonds. The first-order valence-electron chi connectivity index (χ1n) is 5.51. The van der Waals surface area contributed by atoms with Crippen LogP contribution in [0.4, 0.5) is 5.82 Å². The van der Waals surface area contributed by atoms with Gasteiger partial charge in [-0.25, -0.2) is 4.98 Å². The molecule has 1 aromatic heterocycles. The predicted octanol–water partition coefficient (Wildman–Crippen LogP) is 2.48. The van der Waals surface area contributed by atoms with Crippen LogP contribution in [0.1, 0.15) is 11.1 Å². The van der Waals surface area contributed by atoms with E-state index in [1.54, 1.807) is 0 Å². The summed E-state index contributed by atoms with van der Waals surface area (Å²) in [5.41, 5.74) is 7.82. The zero-order valence-corrected chi connectivity index (χ0v) is 10.6. The molecule has 1 heterocycles. The first kappa shape index (κ1) is 12.2. The summed E-state index contributed by atoms with van der Waals surface area (Å²) in [6.07, 6.45) is 1.35. The first-order valence-corrected chi connectivity index (χ1v) is 5.51. The Morgan fingerprint density at radius 3 is 2.67 bits per heavy atom. The monoisotopic (exact) mass is 245 g/mol. The van der Waals surface area contributed by atoms with E-state index in [1.165, 1.54) is 13.4 Å². The van der Waals surface area contributed by atoms with Crippen molar-refractivity contribution in [2.24, 2.45) is 0 Å². The van der Waals surface area contributed by atoms with Crippen molar-refractivity contribution < 1.29 is 9.47 Å². The summed E-state index contributed by atoms with van der Waals surface area (Å²) in [4.78, 5) is 7.89. The zero-order chi connectivity index (χ0) is 13.1. The molecule has 0 saturated heterocycles. The maximum absolute atomic E-state index is 5.74. The van der Waals surface area contributed by atoms with Gasteiger partial charge in [0.1, 0.15) is 12.1 Å². The standard InChI is InChI=1S/C13H15N3O2/c1-8-4-5-9(2)10(6-8)18-13-11(17-3)12(14)15-7-16-13/h4-7H,1-3H3,(H2,14,15,16). The van der Waals surface area contributed by atoms with Crippen molar-refractivity contribution in [2.75, 3.05) is 12.8 Å². The number of methoxy groups -OCH3 is 1. The number of nitrogen functional groups attached to an aromatic ring is 1. The van der Waals surface area contributed by atoms with Crippen LogP contribution >= 0.6 is 0 Å². The second-order valence-corrected chi connectivity index (χ2v) is 3.97. The van der Waals surface area contributed by atoms with E-state index >= 15 is 0 Å². The number of nitrogens with two attached hydrogens (primary N) is 1. The van der Waals surface area contributed by atoms with Gasteiger partial charge in [-0.1, -0.05) is 12.1 Å². The molecule has 0 unspecified atom stereocenters. The molecule has 0 aliphatic rings. The SMILES string of the molecule is COc1c(N)ncnc1Oc1cc(C)ccc1C. The van der Waals surface area contributed by atoms with Gasteiger partial charge in [0.05, 0.1) is 7.11 Å². The number of anilines is 1. The number of ether oxygens (including phenoxy) is 2. The fourth-order valence-corrected chi connectivity index (χ4v) is 1.56. The second-order valence-electron chi connectivity index (χ2n) is 3.97. The Morgan fingerprint density at radius 2 is 1.94 bits per heavy atom. The highest BCUT2D eigenvalue weighted by molar-refractivity contribution is 5.53. The van der Waals surface area contributed by atoms with Crippen molar-refractivity contribution in [3.8, 4) is 17.4 Å². The molecule has 2 N–H and O–H groups in total. The molecule has 0 aliphatic carbocycles. The lowest BCUT2D eigenvalue weighted by Crippen LogP contribution is -2.00. The normalized spacial score (nSPS) is 10.2. The fourth-order valence-electron chi connectivity index (χ4n) is 1.56. The molecule has 5 heteroatoms. The van der Waals surface area contributed by atoms with E-state index < -0.39 is 0 Å². The Labute approximate surface area is 106 Å². The van der Waals surface area contributed by atoms with Gasteiger partial charge >= 0.3 is 0 Å².